The maximum atomic E-state index is 12.1. The van der Waals surface area contributed by atoms with Crippen molar-refractivity contribution in [3.63, 3.8) is 0 Å². The maximum absolute atomic E-state index is 12.1. The standard InChI is InChI=1S/C16H16N2O2/c19-14-4-1-11(2-5-14)10-18-16(20)13-3-6-15-12(9-13)7-8-17-15/h1-6,9,17,19H,7-8,10H2,(H,18,20). The zero-order valence-corrected chi connectivity index (χ0v) is 11.0. The average Bonchev–Trinajstić information content (AvgIpc) is 2.93. The van der Waals surface area contributed by atoms with Crippen LogP contribution in [0.5, 0.6) is 5.75 Å². The van der Waals surface area contributed by atoms with Crippen LogP contribution in [0, 0.1) is 0 Å². The molecule has 0 saturated carbocycles. The Morgan fingerprint density at radius 1 is 1.20 bits per heavy atom. The van der Waals surface area contributed by atoms with E-state index in [1.54, 1.807) is 24.3 Å². The van der Waals surface area contributed by atoms with Gasteiger partial charge in [-0.3, -0.25) is 4.79 Å². The summed E-state index contributed by atoms with van der Waals surface area (Å²) in [5, 5.41) is 15.4. The van der Waals surface area contributed by atoms with Crippen LogP contribution in [0.1, 0.15) is 21.5 Å². The molecule has 3 rings (SSSR count). The van der Waals surface area contributed by atoms with E-state index in [1.165, 1.54) is 5.56 Å². The molecule has 1 amide bonds. The van der Waals surface area contributed by atoms with Crippen molar-refractivity contribution >= 4 is 11.6 Å². The van der Waals surface area contributed by atoms with Gasteiger partial charge in [-0.15, -0.1) is 0 Å². The van der Waals surface area contributed by atoms with Gasteiger partial charge in [-0.25, -0.2) is 0 Å². The molecule has 1 aliphatic heterocycles. The summed E-state index contributed by atoms with van der Waals surface area (Å²) in [6.07, 6.45) is 0.967. The molecule has 0 saturated heterocycles. The molecule has 1 heterocycles. The van der Waals surface area contributed by atoms with Crippen LogP contribution in [0.25, 0.3) is 0 Å². The van der Waals surface area contributed by atoms with Gasteiger partial charge in [0.1, 0.15) is 5.75 Å². The van der Waals surface area contributed by atoms with E-state index in [-0.39, 0.29) is 11.7 Å². The van der Waals surface area contributed by atoms with Gasteiger partial charge >= 0.3 is 0 Å². The molecule has 4 nitrogen and oxygen atoms in total. The lowest BCUT2D eigenvalue weighted by atomic mass is 10.1. The highest BCUT2D eigenvalue weighted by Crippen LogP contribution is 2.22. The lowest BCUT2D eigenvalue weighted by Crippen LogP contribution is -2.22. The third kappa shape index (κ3) is 2.59. The van der Waals surface area contributed by atoms with Crippen molar-refractivity contribution in [2.75, 3.05) is 11.9 Å². The molecule has 3 N–H and O–H groups in total. The molecule has 4 heteroatoms. The topological polar surface area (TPSA) is 61.4 Å². The first-order valence-electron chi connectivity index (χ1n) is 6.65. The van der Waals surface area contributed by atoms with E-state index in [0.717, 1.165) is 24.2 Å². The van der Waals surface area contributed by atoms with Crippen molar-refractivity contribution in [3.05, 3.63) is 59.2 Å². The highest BCUT2D eigenvalue weighted by atomic mass is 16.3. The average molecular weight is 268 g/mol. The Hall–Kier alpha value is -2.49. The van der Waals surface area contributed by atoms with E-state index in [2.05, 4.69) is 10.6 Å². The van der Waals surface area contributed by atoms with E-state index in [0.29, 0.717) is 12.1 Å². The fourth-order valence-electron chi connectivity index (χ4n) is 2.34. The van der Waals surface area contributed by atoms with E-state index in [4.69, 9.17) is 0 Å². The molecule has 0 unspecified atom stereocenters. The summed E-state index contributed by atoms with van der Waals surface area (Å²) in [5.74, 6) is 0.152. The summed E-state index contributed by atoms with van der Waals surface area (Å²) in [7, 11) is 0. The van der Waals surface area contributed by atoms with Gasteiger partial charge in [0.05, 0.1) is 0 Å². The number of anilines is 1. The number of fused-ring (bicyclic) bond motifs is 1. The van der Waals surface area contributed by atoms with Crippen LogP contribution in [0.3, 0.4) is 0 Å². The van der Waals surface area contributed by atoms with Gasteiger partial charge in [0, 0.05) is 24.3 Å². The largest absolute Gasteiger partial charge is 0.508 e. The minimum Gasteiger partial charge on any atom is -0.508 e. The Balaban J connectivity index is 1.66. The van der Waals surface area contributed by atoms with Crippen molar-refractivity contribution < 1.29 is 9.90 Å². The summed E-state index contributed by atoms with van der Waals surface area (Å²) in [5.41, 5.74) is 3.97. The summed E-state index contributed by atoms with van der Waals surface area (Å²) in [4.78, 5) is 12.1. The smallest absolute Gasteiger partial charge is 0.251 e. The number of hydrogen-bond acceptors (Lipinski definition) is 3. The molecule has 0 atom stereocenters. The maximum Gasteiger partial charge on any atom is 0.251 e. The van der Waals surface area contributed by atoms with Crippen molar-refractivity contribution in [1.82, 2.24) is 5.32 Å². The van der Waals surface area contributed by atoms with Gasteiger partial charge in [0.2, 0.25) is 0 Å². The van der Waals surface area contributed by atoms with Crippen molar-refractivity contribution in [3.8, 4) is 5.75 Å². The van der Waals surface area contributed by atoms with E-state index >= 15 is 0 Å². The second-order valence-corrected chi connectivity index (χ2v) is 4.90. The molecule has 1 aliphatic rings. The van der Waals surface area contributed by atoms with Crippen LogP contribution in [0.4, 0.5) is 5.69 Å². The van der Waals surface area contributed by atoms with Gasteiger partial charge in [-0.1, -0.05) is 12.1 Å². The van der Waals surface area contributed by atoms with Crippen LogP contribution in [0.15, 0.2) is 42.5 Å². The number of carbonyl (C=O) groups is 1. The molecule has 0 spiro atoms. The van der Waals surface area contributed by atoms with Crippen LogP contribution < -0.4 is 10.6 Å². The van der Waals surface area contributed by atoms with Gasteiger partial charge in [-0.05, 0) is 47.9 Å². The first-order valence-corrected chi connectivity index (χ1v) is 6.65. The lowest BCUT2D eigenvalue weighted by molar-refractivity contribution is 0.0951. The van der Waals surface area contributed by atoms with Crippen molar-refractivity contribution in [1.29, 1.82) is 0 Å². The number of nitrogens with one attached hydrogen (secondary N) is 2. The predicted molar refractivity (Wildman–Crippen MR) is 77.9 cm³/mol. The Morgan fingerprint density at radius 3 is 2.80 bits per heavy atom. The Morgan fingerprint density at radius 2 is 2.00 bits per heavy atom. The Bertz CT molecular complexity index is 635. The number of aromatic hydroxyl groups is 1. The molecular formula is C16H16N2O2. The third-order valence-corrected chi connectivity index (χ3v) is 3.47. The quantitative estimate of drug-likeness (QED) is 0.800. The first-order chi connectivity index (χ1) is 9.72. The number of rotatable bonds is 3. The zero-order valence-electron chi connectivity index (χ0n) is 11.0. The third-order valence-electron chi connectivity index (χ3n) is 3.47. The molecule has 0 radical (unpaired) electrons. The summed E-state index contributed by atoms with van der Waals surface area (Å²) in [6.45, 7) is 1.39. The van der Waals surface area contributed by atoms with E-state index in [1.807, 2.05) is 18.2 Å². The fourth-order valence-corrected chi connectivity index (χ4v) is 2.34. The molecule has 0 aromatic heterocycles. The molecule has 20 heavy (non-hydrogen) atoms. The second kappa shape index (κ2) is 5.25. The number of phenolic OH excluding ortho intramolecular Hbond substituents is 1. The first kappa shape index (κ1) is 12.5. The molecule has 102 valence electrons. The summed E-state index contributed by atoms with van der Waals surface area (Å²) >= 11 is 0. The predicted octanol–water partition coefficient (Wildman–Crippen LogP) is 2.29. The highest BCUT2D eigenvalue weighted by molar-refractivity contribution is 5.95. The minimum absolute atomic E-state index is 0.0761. The number of phenols is 1. The molecular weight excluding hydrogens is 252 g/mol. The van der Waals surface area contributed by atoms with Gasteiger partial charge in [-0.2, -0.15) is 0 Å². The number of amides is 1. The number of carbonyl (C=O) groups excluding carboxylic acids is 1. The molecule has 2 aromatic carbocycles. The SMILES string of the molecule is O=C(NCc1ccc(O)cc1)c1ccc2c(c1)CCN2. The zero-order chi connectivity index (χ0) is 13.9. The van der Waals surface area contributed by atoms with Crippen LogP contribution in [-0.4, -0.2) is 17.6 Å². The monoisotopic (exact) mass is 268 g/mol. The van der Waals surface area contributed by atoms with Crippen LogP contribution in [-0.2, 0) is 13.0 Å². The minimum atomic E-state index is -0.0761. The van der Waals surface area contributed by atoms with Crippen LogP contribution in [0.2, 0.25) is 0 Å². The number of hydrogen-bond donors (Lipinski definition) is 3. The van der Waals surface area contributed by atoms with Crippen molar-refractivity contribution in [2.24, 2.45) is 0 Å². The fraction of sp³-hybridized carbons (Fsp3) is 0.188. The normalized spacial score (nSPS) is 12.6. The van der Waals surface area contributed by atoms with Gasteiger partial charge < -0.3 is 15.7 Å². The van der Waals surface area contributed by atoms with Gasteiger partial charge in [0.15, 0.2) is 0 Å². The molecule has 0 aliphatic carbocycles. The Labute approximate surface area is 117 Å². The summed E-state index contributed by atoms with van der Waals surface area (Å²) in [6, 6.07) is 12.6. The second-order valence-electron chi connectivity index (χ2n) is 4.90. The number of benzene rings is 2. The molecule has 0 bridgehead atoms. The van der Waals surface area contributed by atoms with Gasteiger partial charge in [0.25, 0.3) is 5.91 Å². The molecule has 0 fully saturated rings. The van der Waals surface area contributed by atoms with E-state index in [9.17, 15) is 9.90 Å². The molecule has 2 aromatic rings. The highest BCUT2D eigenvalue weighted by Gasteiger charge is 2.13. The Kier molecular flexibility index (Phi) is 3.29. The van der Waals surface area contributed by atoms with E-state index < -0.39 is 0 Å². The van der Waals surface area contributed by atoms with Crippen molar-refractivity contribution in [2.45, 2.75) is 13.0 Å². The summed E-state index contributed by atoms with van der Waals surface area (Å²) < 4.78 is 0. The van der Waals surface area contributed by atoms with Crippen LogP contribution >= 0.6 is 0 Å². The lowest BCUT2D eigenvalue weighted by Gasteiger charge is -2.07.